The largest absolute Gasteiger partial charge is 0.466 e. The van der Waals surface area contributed by atoms with Crippen molar-refractivity contribution in [1.29, 1.82) is 0 Å². The molecule has 0 aromatic heterocycles. The number of dihydropyridines is 1. The van der Waals surface area contributed by atoms with Crippen molar-refractivity contribution in [2.24, 2.45) is 0 Å². The Bertz CT molecular complexity index is 678. The third kappa shape index (κ3) is 2.60. The summed E-state index contributed by atoms with van der Waals surface area (Å²) in [7, 11) is 2.69. The van der Waals surface area contributed by atoms with Crippen LogP contribution in [0.1, 0.15) is 32.8 Å². The third-order valence-electron chi connectivity index (χ3n) is 4.55. The number of hydrogen-bond acceptors (Lipinski definition) is 5. The molecule has 128 valence electrons. The number of carbonyl (C=O) groups is 2. The number of ether oxygens (including phenoxy) is 2. The second kappa shape index (κ2) is 6.91. The van der Waals surface area contributed by atoms with Gasteiger partial charge >= 0.3 is 11.9 Å². The van der Waals surface area contributed by atoms with Crippen molar-refractivity contribution < 1.29 is 19.1 Å². The van der Waals surface area contributed by atoms with E-state index in [1.54, 1.807) is 0 Å². The molecule has 5 heteroatoms. The van der Waals surface area contributed by atoms with Crippen LogP contribution in [0, 0.1) is 0 Å². The molecule has 2 rings (SSSR count). The fourth-order valence-corrected chi connectivity index (χ4v) is 3.60. The number of benzene rings is 1. The van der Waals surface area contributed by atoms with Gasteiger partial charge in [0.1, 0.15) is 0 Å². The zero-order chi connectivity index (χ0) is 17.9. The zero-order valence-corrected chi connectivity index (χ0v) is 14.7. The van der Waals surface area contributed by atoms with Gasteiger partial charge in [0.15, 0.2) is 0 Å². The summed E-state index contributed by atoms with van der Waals surface area (Å²) < 4.78 is 10.0. The highest BCUT2D eigenvalue weighted by atomic mass is 16.5. The summed E-state index contributed by atoms with van der Waals surface area (Å²) in [5.74, 6) is -0.917. The molecule has 0 spiro atoms. The van der Waals surface area contributed by atoms with Gasteiger partial charge in [-0.1, -0.05) is 37.3 Å². The normalized spacial score (nSPS) is 16.5. The van der Waals surface area contributed by atoms with Crippen molar-refractivity contribution in [2.45, 2.75) is 32.6 Å². The number of methoxy groups -OCH3 is 2. The molecule has 1 aliphatic heterocycles. The Balaban J connectivity index is 2.88. The van der Waals surface area contributed by atoms with Gasteiger partial charge in [0.05, 0.1) is 30.8 Å². The van der Waals surface area contributed by atoms with Crippen LogP contribution in [-0.4, -0.2) is 26.2 Å². The van der Waals surface area contributed by atoms with Gasteiger partial charge in [0, 0.05) is 11.4 Å². The van der Waals surface area contributed by atoms with E-state index in [-0.39, 0.29) is 0 Å². The van der Waals surface area contributed by atoms with Gasteiger partial charge in [-0.15, -0.1) is 0 Å². The zero-order valence-electron chi connectivity index (χ0n) is 14.7. The number of esters is 2. The standard InChI is InChI=1S/C19H23NO4/c1-6-19(14-10-8-7-9-11-14)15(17(21)23-4)12(2)20-13(3)16(19)18(22)24-5/h7-11,20H,6H2,1-5H3. The van der Waals surface area contributed by atoms with Crippen LogP contribution in [-0.2, 0) is 24.5 Å². The Morgan fingerprint density at radius 3 is 1.79 bits per heavy atom. The molecule has 0 fully saturated rings. The Hall–Kier alpha value is -2.56. The van der Waals surface area contributed by atoms with Crippen LogP contribution in [0.3, 0.4) is 0 Å². The Morgan fingerprint density at radius 2 is 1.42 bits per heavy atom. The summed E-state index contributed by atoms with van der Waals surface area (Å²) in [5.41, 5.74) is 2.17. The molecule has 5 nitrogen and oxygen atoms in total. The van der Waals surface area contributed by atoms with E-state index in [1.165, 1.54) is 14.2 Å². The Labute approximate surface area is 142 Å². The number of allylic oxidation sites excluding steroid dienone is 2. The molecule has 1 aliphatic rings. The minimum atomic E-state index is -0.916. The molecule has 1 aromatic rings. The summed E-state index contributed by atoms with van der Waals surface area (Å²) in [5, 5.41) is 3.13. The van der Waals surface area contributed by atoms with Gasteiger partial charge in [0.25, 0.3) is 0 Å². The molecular formula is C19H23NO4. The fraction of sp³-hybridized carbons (Fsp3) is 0.368. The van der Waals surface area contributed by atoms with Crippen LogP contribution >= 0.6 is 0 Å². The molecule has 0 unspecified atom stereocenters. The molecule has 24 heavy (non-hydrogen) atoms. The van der Waals surface area contributed by atoms with Crippen LogP contribution in [0.15, 0.2) is 52.9 Å². The molecule has 0 atom stereocenters. The molecule has 0 saturated carbocycles. The van der Waals surface area contributed by atoms with Gasteiger partial charge in [-0.3, -0.25) is 0 Å². The monoisotopic (exact) mass is 329 g/mol. The highest BCUT2D eigenvalue weighted by Gasteiger charge is 2.49. The van der Waals surface area contributed by atoms with Gasteiger partial charge < -0.3 is 14.8 Å². The number of nitrogens with one attached hydrogen (secondary N) is 1. The molecule has 0 bridgehead atoms. The Kier molecular flexibility index (Phi) is 5.12. The van der Waals surface area contributed by atoms with E-state index in [9.17, 15) is 9.59 Å². The average molecular weight is 329 g/mol. The first-order valence-corrected chi connectivity index (χ1v) is 7.85. The lowest BCUT2D eigenvalue weighted by molar-refractivity contribution is -0.138. The van der Waals surface area contributed by atoms with Crippen molar-refractivity contribution in [3.63, 3.8) is 0 Å². The first-order chi connectivity index (χ1) is 11.4. The molecule has 0 radical (unpaired) electrons. The molecule has 0 amide bonds. The van der Waals surface area contributed by atoms with Gasteiger partial charge in [-0.25, -0.2) is 9.59 Å². The van der Waals surface area contributed by atoms with Crippen molar-refractivity contribution in [1.82, 2.24) is 5.32 Å². The van der Waals surface area contributed by atoms with Crippen molar-refractivity contribution in [2.75, 3.05) is 14.2 Å². The van der Waals surface area contributed by atoms with E-state index >= 15 is 0 Å². The number of hydrogen-bond donors (Lipinski definition) is 1. The molecule has 1 heterocycles. The van der Waals surface area contributed by atoms with Crippen LogP contribution in [0.5, 0.6) is 0 Å². The van der Waals surface area contributed by atoms with Crippen LogP contribution < -0.4 is 5.32 Å². The van der Waals surface area contributed by atoms with Crippen molar-refractivity contribution >= 4 is 11.9 Å². The highest BCUT2D eigenvalue weighted by molar-refractivity contribution is 6.02. The first-order valence-electron chi connectivity index (χ1n) is 7.85. The number of carbonyl (C=O) groups excluding carboxylic acids is 2. The minimum Gasteiger partial charge on any atom is -0.466 e. The van der Waals surface area contributed by atoms with Crippen LogP contribution in [0.4, 0.5) is 0 Å². The predicted octanol–water partition coefficient (Wildman–Crippen LogP) is 2.83. The molecule has 1 N–H and O–H groups in total. The van der Waals surface area contributed by atoms with E-state index in [0.29, 0.717) is 29.0 Å². The first kappa shape index (κ1) is 17.8. The summed E-state index contributed by atoms with van der Waals surface area (Å²) in [6.45, 7) is 5.58. The summed E-state index contributed by atoms with van der Waals surface area (Å²) >= 11 is 0. The van der Waals surface area contributed by atoms with Crippen molar-refractivity contribution in [3.8, 4) is 0 Å². The summed E-state index contributed by atoms with van der Waals surface area (Å²) in [6, 6.07) is 9.52. The topological polar surface area (TPSA) is 64.6 Å². The maximum Gasteiger partial charge on any atom is 0.336 e. The molecule has 0 aliphatic carbocycles. The maximum absolute atomic E-state index is 12.6. The fourth-order valence-electron chi connectivity index (χ4n) is 3.60. The van der Waals surface area contributed by atoms with Gasteiger partial charge in [-0.2, -0.15) is 0 Å². The molecular weight excluding hydrogens is 306 g/mol. The van der Waals surface area contributed by atoms with Crippen LogP contribution in [0.2, 0.25) is 0 Å². The lowest BCUT2D eigenvalue weighted by Gasteiger charge is -2.41. The van der Waals surface area contributed by atoms with Gasteiger partial charge in [-0.05, 0) is 25.8 Å². The Morgan fingerprint density at radius 1 is 0.958 bits per heavy atom. The highest BCUT2D eigenvalue weighted by Crippen LogP contribution is 2.47. The second-order valence-electron chi connectivity index (χ2n) is 5.73. The lowest BCUT2D eigenvalue weighted by Crippen LogP contribution is -2.44. The van der Waals surface area contributed by atoms with E-state index < -0.39 is 17.4 Å². The van der Waals surface area contributed by atoms with E-state index in [4.69, 9.17) is 9.47 Å². The summed E-state index contributed by atoms with van der Waals surface area (Å²) in [4.78, 5) is 25.2. The lowest BCUT2D eigenvalue weighted by atomic mass is 9.64. The van der Waals surface area contributed by atoms with E-state index in [2.05, 4.69) is 5.32 Å². The van der Waals surface area contributed by atoms with Crippen molar-refractivity contribution in [3.05, 3.63) is 58.4 Å². The average Bonchev–Trinajstić information content (AvgIpc) is 2.60. The number of rotatable bonds is 4. The predicted molar refractivity (Wildman–Crippen MR) is 91.0 cm³/mol. The third-order valence-corrected chi connectivity index (χ3v) is 4.55. The smallest absolute Gasteiger partial charge is 0.336 e. The van der Waals surface area contributed by atoms with Gasteiger partial charge in [0.2, 0.25) is 0 Å². The van der Waals surface area contributed by atoms with E-state index in [1.807, 2.05) is 51.1 Å². The molecule has 1 aromatic carbocycles. The maximum atomic E-state index is 12.6. The SMILES string of the molecule is CCC1(c2ccccc2)C(C(=O)OC)=C(C)NC(C)=C1C(=O)OC. The van der Waals surface area contributed by atoms with E-state index in [0.717, 1.165) is 5.56 Å². The molecule has 0 saturated heterocycles. The van der Waals surface area contributed by atoms with Crippen LogP contribution in [0.25, 0.3) is 0 Å². The minimum absolute atomic E-state index is 0.435. The summed E-state index contributed by atoms with van der Waals surface area (Å²) in [6.07, 6.45) is 0.516. The quantitative estimate of drug-likeness (QED) is 0.861. The second-order valence-corrected chi connectivity index (χ2v) is 5.73.